The van der Waals surface area contributed by atoms with Crippen LogP contribution in [-0.4, -0.2) is 108 Å². The van der Waals surface area contributed by atoms with Gasteiger partial charge in [0.2, 0.25) is 0 Å². The molecule has 6 unspecified atom stereocenters. The number of H-pyrrole nitrogens is 1. The second kappa shape index (κ2) is 19.1. The minimum atomic E-state index is -5.12. The number of fused-ring (bicyclic) bond motifs is 1. The quantitative estimate of drug-likeness (QED) is 0.0821. The minimum absolute atomic E-state index is 0.00380. The zero-order valence-electron chi connectivity index (χ0n) is 30.1. The maximum absolute atomic E-state index is 16.6. The SMILES string of the molecule is N#CCCOP(=O)(O)OC1C(F)[C@@H](n2cnc3c(NC(=O)c4ccccc4)ncnc32)O[C@H]1COP(=S)(OCCC#N)OC1C(F)[C@H](CO)O[C@@H]1n1ccc(=O)[nH]c1=O. The molecule has 4 N–H and O–H groups in total. The topological polar surface area (TPSA) is 297 Å². The Hall–Kier alpha value is -4.72. The van der Waals surface area contributed by atoms with Crippen molar-refractivity contribution in [3.8, 4) is 12.1 Å². The number of carbonyl (C=O) groups is 1. The van der Waals surface area contributed by atoms with Crippen LogP contribution in [0.2, 0.25) is 0 Å². The van der Waals surface area contributed by atoms with E-state index in [1.165, 1.54) is 0 Å². The third-order valence-electron chi connectivity index (χ3n) is 8.57. The van der Waals surface area contributed by atoms with Crippen LogP contribution in [-0.2, 0) is 48.5 Å². The molecule has 0 bridgehead atoms. The minimum Gasteiger partial charge on any atom is -0.394 e. The summed E-state index contributed by atoms with van der Waals surface area (Å²) in [6.45, 7) is -7.08. The molecule has 0 aliphatic carbocycles. The van der Waals surface area contributed by atoms with Crippen LogP contribution in [0.5, 0.6) is 0 Å². The number of nitrogens with one attached hydrogen (secondary N) is 2. The van der Waals surface area contributed by atoms with Gasteiger partial charge in [-0.3, -0.25) is 37.3 Å². The number of aliphatic hydroxyl groups is 1. The van der Waals surface area contributed by atoms with Crippen LogP contribution in [0.25, 0.3) is 11.2 Å². The molecule has 2 aliphatic heterocycles. The number of hydrogen-bond acceptors (Lipinski definition) is 18. The molecule has 22 nitrogen and oxygen atoms in total. The van der Waals surface area contributed by atoms with E-state index in [-0.39, 0.29) is 29.8 Å². The number of benzene rings is 1. The maximum atomic E-state index is 16.6. The van der Waals surface area contributed by atoms with E-state index in [2.05, 4.69) is 20.3 Å². The smallest absolute Gasteiger partial charge is 0.394 e. The summed E-state index contributed by atoms with van der Waals surface area (Å²) < 4.78 is 86.1. The van der Waals surface area contributed by atoms with Crippen LogP contribution in [0.4, 0.5) is 14.6 Å². The predicted octanol–water partition coefficient (Wildman–Crippen LogP) is 2.06. The fourth-order valence-corrected chi connectivity index (χ4v) is 8.89. The van der Waals surface area contributed by atoms with E-state index in [9.17, 15) is 28.9 Å². The van der Waals surface area contributed by atoms with E-state index in [0.717, 1.165) is 34.1 Å². The summed E-state index contributed by atoms with van der Waals surface area (Å²) in [5, 5.41) is 30.4. The Kier molecular flexibility index (Phi) is 14.2. The maximum Gasteiger partial charge on any atom is 0.472 e. The van der Waals surface area contributed by atoms with Crippen molar-refractivity contribution in [3.05, 3.63) is 81.7 Å². The number of nitrogens with zero attached hydrogens (tertiary/aromatic N) is 7. The average molecular weight is 884 g/mol. The summed E-state index contributed by atoms with van der Waals surface area (Å²) in [7, 11) is -5.12. The lowest BCUT2D eigenvalue weighted by Crippen LogP contribution is -2.38. The molecular formula is C32H33F2N9O13P2S. The Morgan fingerprint density at radius 2 is 1.66 bits per heavy atom. The van der Waals surface area contributed by atoms with E-state index < -0.39 is 107 Å². The van der Waals surface area contributed by atoms with Gasteiger partial charge < -0.3 is 33.8 Å². The standard InChI is InChI=1S/C32H33F2N9O13P2S/c33-22-19(14-44)53-31(42-11-8-21(45)40-32(42)47)26(22)56-58(59,51-13-5-10-36)52-15-20-25(55-57(48,49)50-12-4-9-35)23(34)30(54-20)43-17-39-24-27(37-16-38-28(24)43)41-29(46)18-6-2-1-3-7-18/h1-3,6-8,11,16-17,19-20,22-23,25-26,30-31,44H,4-5,12-15H2,(H,48,49)(H,40,45,47)(H,37,38,41,46)/t19-,20-,22?,23?,25?,26?,30-,31-,58?/m0/s1. The number of aromatic nitrogens is 6. The first-order valence-corrected chi connectivity index (χ1v) is 21.4. The molecule has 10 atom stereocenters. The molecule has 59 heavy (non-hydrogen) atoms. The lowest BCUT2D eigenvalue weighted by atomic mass is 10.1. The van der Waals surface area contributed by atoms with E-state index >= 15 is 8.78 Å². The number of hydrogen-bond donors (Lipinski definition) is 4. The largest absolute Gasteiger partial charge is 0.472 e. The van der Waals surface area contributed by atoms with Crippen LogP contribution in [0.3, 0.4) is 0 Å². The van der Waals surface area contributed by atoms with Gasteiger partial charge >= 0.3 is 20.2 Å². The zero-order chi connectivity index (χ0) is 42.3. The number of imidazole rings is 1. The number of carbonyl (C=O) groups excluding carboxylic acids is 1. The first-order chi connectivity index (χ1) is 28.3. The molecule has 4 aromatic rings. The number of aromatic amines is 1. The summed E-state index contributed by atoms with van der Waals surface area (Å²) in [6, 6.07) is 12.6. The monoisotopic (exact) mass is 883 g/mol. The van der Waals surface area contributed by atoms with E-state index in [1.54, 1.807) is 36.4 Å². The van der Waals surface area contributed by atoms with Gasteiger partial charge in [-0.2, -0.15) is 10.5 Å². The first kappa shape index (κ1) is 43.8. The molecule has 0 spiro atoms. The highest BCUT2D eigenvalue weighted by Gasteiger charge is 2.53. The number of anilines is 1. The fraction of sp³-hybridized carbons (Fsp3) is 0.438. The van der Waals surface area contributed by atoms with Crippen molar-refractivity contribution in [2.75, 3.05) is 31.7 Å². The molecule has 1 amide bonds. The fourth-order valence-electron chi connectivity index (χ4n) is 5.89. The number of ether oxygens (including phenoxy) is 2. The Balaban J connectivity index is 1.29. The van der Waals surface area contributed by atoms with Gasteiger partial charge in [-0.1, -0.05) is 18.2 Å². The Labute approximate surface area is 336 Å². The highest BCUT2D eigenvalue weighted by Crippen LogP contribution is 2.56. The molecule has 1 aromatic carbocycles. The second-order valence-electron chi connectivity index (χ2n) is 12.4. The lowest BCUT2D eigenvalue weighted by molar-refractivity contribution is -0.0595. The van der Waals surface area contributed by atoms with Crippen molar-refractivity contribution in [3.63, 3.8) is 0 Å². The van der Waals surface area contributed by atoms with Gasteiger partial charge in [0.1, 0.15) is 30.7 Å². The van der Waals surface area contributed by atoms with E-state index in [1.807, 2.05) is 11.1 Å². The Bertz CT molecular complexity index is 2430. The molecule has 6 rings (SSSR count). The highest BCUT2D eigenvalue weighted by molar-refractivity contribution is 8.07. The lowest BCUT2D eigenvalue weighted by Gasteiger charge is -2.29. The van der Waals surface area contributed by atoms with Gasteiger partial charge in [0, 0.05) is 17.8 Å². The highest BCUT2D eigenvalue weighted by atomic mass is 32.5. The third kappa shape index (κ3) is 10.2. The summed E-state index contributed by atoms with van der Waals surface area (Å²) in [4.78, 5) is 62.2. The predicted molar refractivity (Wildman–Crippen MR) is 198 cm³/mol. The molecule has 3 aromatic heterocycles. The van der Waals surface area contributed by atoms with Crippen molar-refractivity contribution in [1.29, 1.82) is 10.5 Å². The molecule has 2 aliphatic rings. The number of aliphatic hydroxyl groups excluding tert-OH is 1. The average Bonchev–Trinajstić information content (AvgIpc) is 3.87. The van der Waals surface area contributed by atoms with Crippen molar-refractivity contribution < 1.29 is 60.2 Å². The molecule has 0 saturated carbocycles. The normalized spacial score (nSPS) is 26.1. The Morgan fingerprint density at radius 1 is 0.949 bits per heavy atom. The first-order valence-electron chi connectivity index (χ1n) is 17.3. The van der Waals surface area contributed by atoms with Crippen LogP contribution in [0.15, 0.2) is 64.8 Å². The van der Waals surface area contributed by atoms with Crippen molar-refractivity contribution in [2.45, 2.75) is 62.1 Å². The number of phosphoric acid groups is 1. The third-order valence-corrected chi connectivity index (χ3v) is 11.9. The molecule has 314 valence electrons. The molecule has 2 saturated heterocycles. The molecule has 0 radical (unpaired) electrons. The van der Waals surface area contributed by atoms with Crippen LogP contribution in [0.1, 0.15) is 35.7 Å². The van der Waals surface area contributed by atoms with Crippen LogP contribution >= 0.6 is 14.5 Å². The van der Waals surface area contributed by atoms with E-state index in [0.29, 0.717) is 5.56 Å². The number of nitriles is 2. The molecule has 2 fully saturated rings. The zero-order valence-corrected chi connectivity index (χ0v) is 32.7. The number of halogens is 2. The van der Waals surface area contributed by atoms with Crippen molar-refractivity contribution in [1.82, 2.24) is 29.1 Å². The number of alkyl halides is 2. The van der Waals surface area contributed by atoms with Crippen molar-refractivity contribution >= 4 is 49.2 Å². The van der Waals surface area contributed by atoms with Crippen LogP contribution < -0.4 is 16.6 Å². The Morgan fingerprint density at radius 3 is 2.36 bits per heavy atom. The molecule has 27 heteroatoms. The van der Waals surface area contributed by atoms with Gasteiger partial charge in [-0.25, -0.2) is 33.1 Å². The van der Waals surface area contributed by atoms with E-state index in [4.69, 9.17) is 54.4 Å². The van der Waals surface area contributed by atoms with Gasteiger partial charge in [-0.15, -0.1) is 0 Å². The number of phosphoric ester groups is 1. The van der Waals surface area contributed by atoms with Gasteiger partial charge in [0.15, 0.2) is 41.8 Å². The summed E-state index contributed by atoms with van der Waals surface area (Å²) >= 11 is 5.56. The van der Waals surface area contributed by atoms with Gasteiger partial charge in [0.05, 0.1) is 57.7 Å². The summed E-state index contributed by atoms with van der Waals surface area (Å²) in [5.41, 5.74) is -1.57. The number of amides is 1. The summed E-state index contributed by atoms with van der Waals surface area (Å²) in [6.07, 6.45) is -12.4. The number of rotatable bonds is 18. The van der Waals surface area contributed by atoms with Gasteiger partial charge in [0.25, 0.3) is 11.5 Å². The summed E-state index contributed by atoms with van der Waals surface area (Å²) in [5.74, 6) is -0.585. The van der Waals surface area contributed by atoms with Crippen LogP contribution in [0, 0.1) is 22.7 Å². The molecular weight excluding hydrogens is 850 g/mol. The second-order valence-corrected chi connectivity index (χ2v) is 16.8. The van der Waals surface area contributed by atoms with Gasteiger partial charge in [-0.05, 0) is 23.9 Å². The van der Waals surface area contributed by atoms with Crippen molar-refractivity contribution in [2.24, 2.45) is 0 Å². The molecule has 5 heterocycles.